The molecular weight excluding hydrogens is 162 g/mol. The topological polar surface area (TPSA) is 52.0 Å². The van der Waals surface area contributed by atoms with Gasteiger partial charge in [0, 0.05) is 12.1 Å². The summed E-state index contributed by atoms with van der Waals surface area (Å²) in [5.41, 5.74) is 0.597. The quantitative estimate of drug-likeness (QED) is 0.381. The average Bonchev–Trinajstić information content (AvgIpc) is 2.11. The van der Waals surface area contributed by atoms with Crippen LogP contribution in [0.2, 0.25) is 0 Å². The minimum Gasteiger partial charge on any atom is -0.309 e. The summed E-state index contributed by atoms with van der Waals surface area (Å²) in [7, 11) is 0. The first-order valence-corrected chi connectivity index (χ1v) is 5.02. The largest absolute Gasteiger partial charge is 0.321 e. The highest BCUT2D eigenvalue weighted by Crippen LogP contribution is 2.16. The van der Waals surface area contributed by atoms with Crippen LogP contribution in [0.25, 0.3) is 4.98 Å². The molecule has 2 unspecified atom stereocenters. The number of unbranched alkanes of at least 4 members (excludes halogenated alkanes) is 2. The number of rotatable bonds is 6. The van der Waals surface area contributed by atoms with Gasteiger partial charge in [-0.3, -0.25) is 0 Å². The van der Waals surface area contributed by atoms with Gasteiger partial charge in [-0.1, -0.05) is 19.8 Å². The Morgan fingerprint density at radius 2 is 2.08 bits per heavy atom. The summed E-state index contributed by atoms with van der Waals surface area (Å²) in [5, 5.41) is 16.2. The van der Waals surface area contributed by atoms with Crippen molar-refractivity contribution < 1.29 is 0 Å². The summed E-state index contributed by atoms with van der Waals surface area (Å²) >= 11 is 0. The molecule has 0 aromatic heterocycles. The van der Waals surface area contributed by atoms with E-state index in [4.69, 9.17) is 10.8 Å². The van der Waals surface area contributed by atoms with Crippen LogP contribution >= 0.6 is 0 Å². The molecule has 3 nitrogen and oxygen atoms in total. The van der Waals surface area contributed by atoms with Gasteiger partial charge in [-0.15, -0.1) is 0 Å². The number of hydrogen-bond donors (Lipinski definition) is 1. The van der Waals surface area contributed by atoms with Gasteiger partial charge < -0.3 is 5.41 Å². The normalized spacial score (nSPS) is 14.6. The van der Waals surface area contributed by atoms with Gasteiger partial charge in [0.2, 0.25) is 5.39 Å². The number of diazo groups is 1. The number of nitrogens with one attached hydrogen (secondary N) is 1. The van der Waals surface area contributed by atoms with E-state index in [2.05, 4.69) is 11.9 Å². The van der Waals surface area contributed by atoms with Crippen molar-refractivity contribution in [2.75, 3.05) is 0 Å². The second-order valence-electron chi connectivity index (χ2n) is 3.65. The third-order valence-corrected chi connectivity index (χ3v) is 2.51. The zero-order valence-corrected chi connectivity index (χ0v) is 8.88. The third-order valence-electron chi connectivity index (χ3n) is 2.51. The molecule has 0 aliphatic heterocycles. The summed E-state index contributed by atoms with van der Waals surface area (Å²) in [5.74, 6) is 0.0712. The molecule has 0 aromatic carbocycles. The lowest BCUT2D eigenvalue weighted by atomic mass is 9.93. The monoisotopic (exact) mass is 182 g/mol. The van der Waals surface area contributed by atoms with E-state index in [0.29, 0.717) is 5.71 Å². The van der Waals surface area contributed by atoms with E-state index in [-0.39, 0.29) is 12.0 Å². The van der Waals surface area contributed by atoms with Gasteiger partial charge in [-0.25, -0.2) is 0 Å². The molecule has 0 amide bonds. The van der Waals surface area contributed by atoms with Crippen LogP contribution in [0.15, 0.2) is 0 Å². The Kier molecular flexibility index (Phi) is 6.13. The molecule has 13 heavy (non-hydrogen) atoms. The molecule has 0 aliphatic carbocycles. The van der Waals surface area contributed by atoms with E-state index in [1.54, 1.807) is 6.92 Å². The molecule has 74 valence electrons. The lowest BCUT2D eigenvalue weighted by molar-refractivity contribution is 0.539. The van der Waals surface area contributed by atoms with Gasteiger partial charge >= 0.3 is 6.04 Å². The average molecular weight is 182 g/mol. The minimum absolute atomic E-state index is 0.0712. The van der Waals surface area contributed by atoms with Crippen LogP contribution in [0.5, 0.6) is 0 Å². The van der Waals surface area contributed by atoms with E-state index in [9.17, 15) is 0 Å². The summed E-state index contributed by atoms with van der Waals surface area (Å²) in [4.78, 5) is 3.34. The molecule has 0 aliphatic rings. The van der Waals surface area contributed by atoms with Crippen molar-refractivity contribution in [2.24, 2.45) is 5.92 Å². The molecule has 0 saturated heterocycles. The Bertz CT molecular complexity index is 193. The SMILES string of the molecule is CCCCCC([N+]#N)C(C)C(C)=N. The van der Waals surface area contributed by atoms with Gasteiger partial charge in [-0.05, 0) is 20.3 Å². The van der Waals surface area contributed by atoms with Crippen molar-refractivity contribution in [1.82, 2.24) is 0 Å². The summed E-state index contributed by atoms with van der Waals surface area (Å²) in [6, 6.07) is -0.0796. The third kappa shape index (κ3) is 4.62. The number of nitrogens with zero attached hydrogens (tertiary/aromatic N) is 2. The molecule has 0 saturated carbocycles. The maximum absolute atomic E-state index is 8.77. The van der Waals surface area contributed by atoms with Crippen molar-refractivity contribution in [3.05, 3.63) is 4.98 Å². The van der Waals surface area contributed by atoms with E-state index in [1.165, 1.54) is 12.8 Å². The van der Waals surface area contributed by atoms with Crippen LogP contribution in [0.3, 0.4) is 0 Å². The first-order chi connectivity index (χ1) is 6.13. The summed E-state index contributed by atoms with van der Waals surface area (Å²) in [6.07, 6.45) is 4.33. The van der Waals surface area contributed by atoms with Crippen molar-refractivity contribution >= 4 is 5.71 Å². The van der Waals surface area contributed by atoms with E-state index in [0.717, 1.165) is 12.8 Å². The van der Waals surface area contributed by atoms with Gasteiger partial charge in [0.05, 0.1) is 5.92 Å². The highest BCUT2D eigenvalue weighted by molar-refractivity contribution is 5.81. The fraction of sp³-hybridized carbons (Fsp3) is 0.900. The zero-order chi connectivity index (χ0) is 10.3. The molecule has 1 N–H and O–H groups in total. The van der Waals surface area contributed by atoms with E-state index in [1.807, 2.05) is 6.92 Å². The zero-order valence-electron chi connectivity index (χ0n) is 8.88. The van der Waals surface area contributed by atoms with Crippen LogP contribution in [0.4, 0.5) is 0 Å². The van der Waals surface area contributed by atoms with Crippen LogP contribution in [-0.2, 0) is 0 Å². The van der Waals surface area contributed by atoms with Crippen molar-refractivity contribution in [3.63, 3.8) is 0 Å². The highest BCUT2D eigenvalue weighted by atomic mass is 14.9. The fourth-order valence-corrected chi connectivity index (χ4v) is 1.30. The van der Waals surface area contributed by atoms with Crippen molar-refractivity contribution in [2.45, 2.75) is 52.5 Å². The second kappa shape index (κ2) is 6.59. The van der Waals surface area contributed by atoms with Crippen LogP contribution < -0.4 is 0 Å². The molecule has 0 fully saturated rings. The van der Waals surface area contributed by atoms with Crippen molar-refractivity contribution in [3.8, 4) is 0 Å². The van der Waals surface area contributed by atoms with Gasteiger partial charge in [0.1, 0.15) is 4.98 Å². The predicted molar refractivity (Wildman–Crippen MR) is 55.6 cm³/mol. The summed E-state index contributed by atoms with van der Waals surface area (Å²) < 4.78 is 0. The molecule has 0 heterocycles. The molecule has 0 bridgehead atoms. The van der Waals surface area contributed by atoms with Gasteiger partial charge in [0.25, 0.3) is 0 Å². The lowest BCUT2D eigenvalue weighted by Crippen LogP contribution is -2.20. The van der Waals surface area contributed by atoms with Gasteiger partial charge in [-0.2, -0.15) is 0 Å². The molecule has 0 radical (unpaired) electrons. The standard InChI is InChI=1S/C10H20N3/c1-4-5-6-7-10(13-12)8(2)9(3)11/h8,10-11H,4-7H2,1-3H3/q+1. The molecule has 0 rings (SSSR count). The first kappa shape index (κ1) is 12.1. The molecule has 0 spiro atoms. The first-order valence-electron chi connectivity index (χ1n) is 5.02. The predicted octanol–water partition coefficient (Wildman–Crippen LogP) is 3.46. The fourth-order valence-electron chi connectivity index (χ4n) is 1.30. The Morgan fingerprint density at radius 3 is 2.46 bits per heavy atom. The molecule has 3 heteroatoms. The molecular formula is C10H20N3+. The van der Waals surface area contributed by atoms with Gasteiger partial charge in [0.15, 0.2) is 0 Å². The smallest absolute Gasteiger partial charge is 0.309 e. The van der Waals surface area contributed by atoms with E-state index < -0.39 is 0 Å². The van der Waals surface area contributed by atoms with Crippen LogP contribution in [0, 0.1) is 16.7 Å². The maximum atomic E-state index is 8.77. The number of hydrogen-bond acceptors (Lipinski definition) is 2. The van der Waals surface area contributed by atoms with E-state index >= 15 is 0 Å². The molecule has 2 atom stereocenters. The lowest BCUT2D eigenvalue weighted by Gasteiger charge is -2.06. The van der Waals surface area contributed by atoms with Crippen LogP contribution in [0.1, 0.15) is 46.5 Å². The van der Waals surface area contributed by atoms with Crippen LogP contribution in [-0.4, -0.2) is 11.8 Å². The Labute approximate surface area is 80.7 Å². The Morgan fingerprint density at radius 1 is 1.46 bits per heavy atom. The molecule has 0 aromatic rings. The van der Waals surface area contributed by atoms with Crippen molar-refractivity contribution in [1.29, 1.82) is 10.8 Å². The Balaban J connectivity index is 3.90. The highest BCUT2D eigenvalue weighted by Gasteiger charge is 2.28. The Hall–Kier alpha value is -0.910. The second-order valence-corrected chi connectivity index (χ2v) is 3.65. The maximum Gasteiger partial charge on any atom is 0.321 e. The summed E-state index contributed by atoms with van der Waals surface area (Å²) in [6.45, 7) is 5.86. The minimum atomic E-state index is -0.0796.